The second-order valence-corrected chi connectivity index (χ2v) is 6.72. The van der Waals surface area contributed by atoms with Crippen molar-refractivity contribution in [2.24, 2.45) is 10.4 Å². The molecule has 0 amide bonds. The molecule has 0 aromatic carbocycles. The van der Waals surface area contributed by atoms with Gasteiger partial charge in [-0.3, -0.25) is 4.99 Å². The van der Waals surface area contributed by atoms with Crippen molar-refractivity contribution < 1.29 is 4.74 Å². The summed E-state index contributed by atoms with van der Waals surface area (Å²) in [5.74, 6) is 0.899. The van der Waals surface area contributed by atoms with Gasteiger partial charge in [-0.1, -0.05) is 13.8 Å². The Morgan fingerprint density at radius 1 is 1.24 bits per heavy atom. The highest BCUT2D eigenvalue weighted by molar-refractivity contribution is 5.80. The number of aromatic nitrogens is 3. The zero-order valence-corrected chi connectivity index (χ0v) is 16.2. The van der Waals surface area contributed by atoms with E-state index in [1.165, 1.54) is 0 Å². The molecule has 1 aliphatic carbocycles. The molecule has 0 bridgehead atoms. The van der Waals surface area contributed by atoms with Crippen molar-refractivity contribution in [1.29, 1.82) is 0 Å². The Hall–Kier alpha value is -1.63. The van der Waals surface area contributed by atoms with Crippen LogP contribution in [0.1, 0.15) is 52.9 Å². The van der Waals surface area contributed by atoms with Gasteiger partial charge in [0.05, 0.1) is 6.10 Å². The van der Waals surface area contributed by atoms with Crippen molar-refractivity contribution in [3.8, 4) is 0 Å². The molecular weight excluding hydrogens is 316 g/mol. The summed E-state index contributed by atoms with van der Waals surface area (Å²) in [4.78, 5) is 4.39. The molecule has 25 heavy (non-hydrogen) atoms. The smallest absolute Gasteiger partial charge is 0.191 e. The number of hydrogen-bond donors (Lipinski definition) is 2. The lowest BCUT2D eigenvalue weighted by Crippen LogP contribution is -2.65. The van der Waals surface area contributed by atoms with Crippen molar-refractivity contribution in [3.63, 3.8) is 0 Å². The SMILES string of the molecule is CCOC1CC(NC(=NC)NCCCCn2cnnc2)C1(CC)CC. The molecule has 0 saturated heterocycles. The first kappa shape index (κ1) is 19.7. The van der Waals surface area contributed by atoms with Gasteiger partial charge in [0.15, 0.2) is 5.96 Å². The summed E-state index contributed by atoms with van der Waals surface area (Å²) in [5.41, 5.74) is 0.224. The van der Waals surface area contributed by atoms with Crippen LogP contribution in [0.25, 0.3) is 0 Å². The zero-order chi connectivity index (χ0) is 18.1. The molecule has 2 N–H and O–H groups in total. The Balaban J connectivity index is 1.73. The van der Waals surface area contributed by atoms with Crippen LogP contribution in [0, 0.1) is 5.41 Å². The van der Waals surface area contributed by atoms with Crippen molar-refractivity contribution in [2.75, 3.05) is 20.2 Å². The monoisotopic (exact) mass is 350 g/mol. The van der Waals surface area contributed by atoms with Crippen LogP contribution in [-0.2, 0) is 11.3 Å². The van der Waals surface area contributed by atoms with E-state index >= 15 is 0 Å². The van der Waals surface area contributed by atoms with E-state index in [0.717, 1.165) is 57.8 Å². The molecule has 7 nitrogen and oxygen atoms in total. The van der Waals surface area contributed by atoms with Gasteiger partial charge in [0.25, 0.3) is 0 Å². The molecule has 2 unspecified atom stereocenters. The molecule has 1 saturated carbocycles. The quantitative estimate of drug-likeness (QED) is 0.384. The van der Waals surface area contributed by atoms with Crippen LogP contribution < -0.4 is 10.6 Å². The lowest BCUT2D eigenvalue weighted by Gasteiger charge is -2.55. The third-order valence-corrected chi connectivity index (χ3v) is 5.61. The fourth-order valence-electron chi connectivity index (χ4n) is 3.91. The Morgan fingerprint density at radius 2 is 1.96 bits per heavy atom. The molecule has 2 rings (SSSR count). The number of aliphatic imine (C=N–C) groups is 1. The van der Waals surface area contributed by atoms with Gasteiger partial charge in [0, 0.05) is 38.2 Å². The Bertz CT molecular complexity index is 512. The van der Waals surface area contributed by atoms with Gasteiger partial charge in [0.2, 0.25) is 0 Å². The minimum Gasteiger partial charge on any atom is -0.378 e. The normalized spacial score (nSPS) is 22.5. The number of hydrogen-bond acceptors (Lipinski definition) is 4. The van der Waals surface area contributed by atoms with Crippen LogP contribution in [0.15, 0.2) is 17.6 Å². The van der Waals surface area contributed by atoms with Gasteiger partial charge in [-0.15, -0.1) is 10.2 Å². The molecule has 142 valence electrons. The second kappa shape index (κ2) is 9.75. The highest BCUT2D eigenvalue weighted by atomic mass is 16.5. The van der Waals surface area contributed by atoms with E-state index in [9.17, 15) is 0 Å². The van der Waals surface area contributed by atoms with Crippen molar-refractivity contribution >= 4 is 5.96 Å². The predicted octanol–water partition coefficient (Wildman–Crippen LogP) is 2.21. The summed E-state index contributed by atoms with van der Waals surface area (Å²) in [5, 5.41) is 14.7. The van der Waals surface area contributed by atoms with E-state index in [4.69, 9.17) is 4.74 Å². The average molecular weight is 351 g/mol. The molecule has 1 heterocycles. The first-order chi connectivity index (χ1) is 12.2. The summed E-state index contributed by atoms with van der Waals surface area (Å²) in [7, 11) is 1.84. The lowest BCUT2D eigenvalue weighted by molar-refractivity contribution is -0.133. The van der Waals surface area contributed by atoms with Gasteiger partial charge in [-0.25, -0.2) is 0 Å². The van der Waals surface area contributed by atoms with Crippen molar-refractivity contribution in [2.45, 2.75) is 71.6 Å². The molecule has 1 aliphatic rings. The van der Waals surface area contributed by atoms with Crippen molar-refractivity contribution in [3.05, 3.63) is 12.7 Å². The number of guanidine groups is 1. The number of ether oxygens (including phenoxy) is 1. The van der Waals surface area contributed by atoms with E-state index in [2.05, 4.69) is 46.6 Å². The van der Waals surface area contributed by atoms with Crippen LogP contribution in [0.5, 0.6) is 0 Å². The number of nitrogens with zero attached hydrogens (tertiary/aromatic N) is 4. The maximum Gasteiger partial charge on any atom is 0.191 e. The molecule has 0 radical (unpaired) electrons. The third-order valence-electron chi connectivity index (χ3n) is 5.61. The Kier molecular flexibility index (Phi) is 7.68. The minimum absolute atomic E-state index is 0.224. The Morgan fingerprint density at radius 3 is 2.56 bits per heavy atom. The number of unbranched alkanes of at least 4 members (excludes halogenated alkanes) is 1. The first-order valence-corrected chi connectivity index (χ1v) is 9.61. The van der Waals surface area contributed by atoms with Crippen LogP contribution in [0.3, 0.4) is 0 Å². The standard InChI is InChI=1S/C18H34N6O/c1-5-18(6-2)15(12-16(18)25-7-3)23-17(19-4)20-10-8-9-11-24-13-21-22-14-24/h13-16H,5-12H2,1-4H3,(H2,19,20,23). The van der Waals surface area contributed by atoms with E-state index < -0.39 is 0 Å². The molecule has 0 aliphatic heterocycles. The van der Waals surface area contributed by atoms with Gasteiger partial charge >= 0.3 is 0 Å². The number of rotatable bonds is 10. The van der Waals surface area contributed by atoms with Crippen LogP contribution >= 0.6 is 0 Å². The summed E-state index contributed by atoms with van der Waals surface area (Å²) in [6.07, 6.45) is 9.37. The molecular formula is C18H34N6O. The van der Waals surface area contributed by atoms with Crippen molar-refractivity contribution in [1.82, 2.24) is 25.4 Å². The fraction of sp³-hybridized carbons (Fsp3) is 0.833. The highest BCUT2D eigenvalue weighted by Crippen LogP contribution is 2.48. The van der Waals surface area contributed by atoms with E-state index in [1.54, 1.807) is 12.7 Å². The van der Waals surface area contributed by atoms with Gasteiger partial charge in [0.1, 0.15) is 12.7 Å². The van der Waals surface area contributed by atoms with Gasteiger partial charge < -0.3 is 19.9 Å². The molecule has 1 aromatic heterocycles. The maximum atomic E-state index is 5.96. The van der Waals surface area contributed by atoms with Crippen LogP contribution in [0.4, 0.5) is 0 Å². The maximum absolute atomic E-state index is 5.96. The molecule has 7 heteroatoms. The highest BCUT2D eigenvalue weighted by Gasteiger charge is 2.53. The minimum atomic E-state index is 0.224. The predicted molar refractivity (Wildman–Crippen MR) is 101 cm³/mol. The summed E-state index contributed by atoms with van der Waals surface area (Å²) in [6.45, 7) is 9.27. The third kappa shape index (κ3) is 4.71. The van der Waals surface area contributed by atoms with Gasteiger partial charge in [-0.2, -0.15) is 0 Å². The summed E-state index contributed by atoms with van der Waals surface area (Å²) < 4.78 is 7.96. The second-order valence-electron chi connectivity index (χ2n) is 6.72. The van der Waals surface area contributed by atoms with Crippen LogP contribution in [0.2, 0.25) is 0 Å². The molecule has 1 aromatic rings. The lowest BCUT2D eigenvalue weighted by atomic mass is 9.58. The first-order valence-electron chi connectivity index (χ1n) is 9.61. The Labute approximate surface area is 151 Å². The average Bonchev–Trinajstić information content (AvgIpc) is 3.13. The van der Waals surface area contributed by atoms with E-state index in [-0.39, 0.29) is 5.41 Å². The largest absolute Gasteiger partial charge is 0.378 e. The zero-order valence-electron chi connectivity index (χ0n) is 16.2. The van der Waals surface area contributed by atoms with Crippen LogP contribution in [-0.4, -0.2) is 53.1 Å². The van der Waals surface area contributed by atoms with E-state index in [0.29, 0.717) is 12.1 Å². The topological polar surface area (TPSA) is 76.4 Å². The molecule has 2 atom stereocenters. The number of aryl methyl sites for hydroxylation is 1. The van der Waals surface area contributed by atoms with E-state index in [1.807, 2.05) is 11.6 Å². The van der Waals surface area contributed by atoms with Gasteiger partial charge in [-0.05, 0) is 39.0 Å². The molecule has 1 fully saturated rings. The number of nitrogens with one attached hydrogen (secondary N) is 2. The summed E-state index contributed by atoms with van der Waals surface area (Å²) in [6, 6.07) is 0.433. The molecule has 0 spiro atoms. The summed E-state index contributed by atoms with van der Waals surface area (Å²) >= 11 is 0. The fourth-order valence-corrected chi connectivity index (χ4v) is 3.91.